The maximum absolute atomic E-state index is 11.0. The Bertz CT molecular complexity index is 383. The molecule has 210 valence electrons. The monoisotopic (exact) mass is 582 g/mol. The van der Waals surface area contributed by atoms with Gasteiger partial charge in [0.25, 0.3) is 0 Å². The Kier molecular flexibility index (Phi) is 45.8. The first-order chi connectivity index (χ1) is 16.2. The zero-order valence-corrected chi connectivity index (χ0v) is 26.1. The first kappa shape index (κ1) is 44.7. The number of hydrogen-bond acceptors (Lipinski definition) is 7. The summed E-state index contributed by atoms with van der Waals surface area (Å²) >= 11 is 0. The third-order valence-corrected chi connectivity index (χ3v) is 5.22. The summed E-state index contributed by atoms with van der Waals surface area (Å²) in [7, 11) is 0. The number of Topliss-reactive ketones (excluding diaryl/α,β-unsaturated/α-hetero) is 3. The maximum atomic E-state index is 11.0. The summed E-state index contributed by atoms with van der Waals surface area (Å²) in [6, 6.07) is 0. The molecule has 0 aliphatic heterocycles. The number of carbonyl (C=O) groups excluding carboxylic acids is 3. The maximum Gasteiger partial charge on any atom is 0.138 e. The first-order valence-electron chi connectivity index (χ1n) is 13.2. The van der Waals surface area contributed by atoms with Gasteiger partial charge in [-0.1, -0.05) is 48.5 Å². The van der Waals surface area contributed by atoms with Crippen LogP contribution in [0.4, 0.5) is 0 Å². The second kappa shape index (κ2) is 35.9. The van der Waals surface area contributed by atoms with Crippen molar-refractivity contribution >= 4 is 17.3 Å². The molecule has 7 nitrogen and oxygen atoms in total. The van der Waals surface area contributed by atoms with E-state index in [1.54, 1.807) is 0 Å². The topological polar surface area (TPSA) is 132 Å². The summed E-state index contributed by atoms with van der Waals surface area (Å²) in [5, 5.41) is 34.0. The van der Waals surface area contributed by atoms with Crippen LogP contribution in [-0.2, 0) is 40.6 Å². The Balaban J connectivity index is -0.000000118. The van der Waals surface area contributed by atoms with Gasteiger partial charge in [-0.25, -0.2) is 0 Å². The number of aliphatic hydroxyl groups excluding tert-OH is 4. The summed E-state index contributed by atoms with van der Waals surface area (Å²) in [6.45, 7) is 14.0. The van der Waals surface area contributed by atoms with Crippen molar-refractivity contribution in [2.45, 2.75) is 113 Å². The number of aliphatic hydroxyl groups is 4. The Morgan fingerprint density at radius 1 is 0.486 bits per heavy atom. The number of carbonyl (C=O) groups is 3. The summed E-state index contributed by atoms with van der Waals surface area (Å²) in [6.07, 6.45) is 7.64. The van der Waals surface area contributed by atoms with Gasteiger partial charge >= 0.3 is 0 Å². The number of rotatable bonds is 16. The van der Waals surface area contributed by atoms with Crippen LogP contribution in [-0.4, -0.2) is 64.2 Å². The molecule has 4 N–H and O–H groups in total. The molecule has 0 amide bonds. The minimum atomic E-state index is -0.111. The van der Waals surface area contributed by atoms with E-state index in [9.17, 15) is 14.4 Å². The summed E-state index contributed by atoms with van der Waals surface area (Å²) < 4.78 is 0. The van der Waals surface area contributed by atoms with Crippen LogP contribution in [0.5, 0.6) is 0 Å². The van der Waals surface area contributed by atoms with Gasteiger partial charge in [0.15, 0.2) is 0 Å². The van der Waals surface area contributed by atoms with Crippen LogP contribution >= 0.6 is 0 Å². The molecule has 0 rings (SSSR count). The van der Waals surface area contributed by atoms with Gasteiger partial charge in [-0.15, -0.1) is 0 Å². The van der Waals surface area contributed by atoms with E-state index in [2.05, 4.69) is 0 Å². The predicted octanol–water partition coefficient (Wildman–Crippen LogP) is 4.51. The summed E-state index contributed by atoms with van der Waals surface area (Å²) in [5.41, 5.74) is 0. The normalized spacial score (nSPS) is 12.1. The molecule has 0 fully saturated rings. The van der Waals surface area contributed by atoms with Gasteiger partial charge in [-0.05, 0) is 44.9 Å². The van der Waals surface area contributed by atoms with Crippen LogP contribution in [0.3, 0.4) is 0 Å². The van der Waals surface area contributed by atoms with Gasteiger partial charge in [0.05, 0.1) is 19.8 Å². The molecule has 0 heterocycles. The fraction of sp³-hybridized carbons (Fsp3) is 0.889. The van der Waals surface area contributed by atoms with Gasteiger partial charge in [-0.2, -0.15) is 0 Å². The molecule has 3 unspecified atom stereocenters. The zero-order valence-electron chi connectivity index (χ0n) is 23.6. The van der Waals surface area contributed by atoms with Crippen molar-refractivity contribution in [2.24, 2.45) is 17.8 Å². The van der Waals surface area contributed by atoms with Crippen LogP contribution in [0.25, 0.3) is 0 Å². The molecule has 0 spiro atoms. The van der Waals surface area contributed by atoms with Crippen LogP contribution in [0.1, 0.15) is 113 Å². The average Bonchev–Trinajstić information content (AvgIpc) is 2.83. The van der Waals surface area contributed by atoms with Gasteiger partial charge in [-0.3, -0.25) is 14.4 Å². The molecule has 0 saturated heterocycles. The molecule has 0 aliphatic carbocycles. The molecule has 35 heavy (non-hydrogen) atoms. The quantitative estimate of drug-likeness (QED) is 0.210. The van der Waals surface area contributed by atoms with E-state index in [1.165, 1.54) is 0 Å². The molecule has 0 bridgehead atoms. The molecule has 0 aromatic carbocycles. The van der Waals surface area contributed by atoms with E-state index in [1.807, 2.05) is 48.5 Å². The van der Waals surface area contributed by atoms with Crippen molar-refractivity contribution in [1.82, 2.24) is 0 Å². The van der Waals surface area contributed by atoms with Crippen molar-refractivity contribution in [2.75, 3.05) is 26.4 Å². The van der Waals surface area contributed by atoms with Gasteiger partial charge < -0.3 is 20.4 Å². The van der Waals surface area contributed by atoms with Crippen molar-refractivity contribution in [3.63, 3.8) is 0 Å². The Labute approximate surface area is 234 Å². The minimum absolute atomic E-state index is 0. The van der Waals surface area contributed by atoms with E-state index < -0.39 is 0 Å². The molecule has 0 aromatic heterocycles. The molecular formula is C27H56O7Zr. The molecular weight excluding hydrogens is 528 g/mol. The van der Waals surface area contributed by atoms with Crippen molar-refractivity contribution in [3.05, 3.63) is 0 Å². The van der Waals surface area contributed by atoms with Crippen molar-refractivity contribution in [1.29, 1.82) is 0 Å². The zero-order chi connectivity index (χ0) is 27.4. The Morgan fingerprint density at radius 2 is 0.686 bits per heavy atom. The van der Waals surface area contributed by atoms with Gasteiger partial charge in [0.1, 0.15) is 17.3 Å². The fourth-order valence-corrected chi connectivity index (χ4v) is 2.73. The molecule has 0 aliphatic rings. The van der Waals surface area contributed by atoms with E-state index >= 15 is 0 Å². The van der Waals surface area contributed by atoms with Crippen molar-refractivity contribution in [3.8, 4) is 0 Å². The second-order valence-electron chi connectivity index (χ2n) is 8.24. The smallest absolute Gasteiger partial charge is 0.138 e. The number of hydrogen-bond donors (Lipinski definition) is 4. The van der Waals surface area contributed by atoms with Crippen LogP contribution in [0.2, 0.25) is 0 Å². The van der Waals surface area contributed by atoms with Crippen LogP contribution in [0, 0.1) is 17.8 Å². The summed E-state index contributed by atoms with van der Waals surface area (Å²) in [5.74, 6) is 0.271. The van der Waals surface area contributed by atoms with E-state index in [-0.39, 0.29) is 81.1 Å². The molecule has 0 aromatic rings. The van der Waals surface area contributed by atoms with Crippen LogP contribution < -0.4 is 0 Å². The predicted molar refractivity (Wildman–Crippen MR) is 140 cm³/mol. The molecule has 3 atom stereocenters. The third-order valence-electron chi connectivity index (χ3n) is 5.22. The standard InChI is InChI=1S/3C8H16O2.C3H8O.Zr/c3*1-3-5-8(10)7(4-2)6-9;1-2-3-4;/h3*7,9H,3-6H2,1-2H3;4H,2-3H2,1H3;. The van der Waals surface area contributed by atoms with E-state index in [0.29, 0.717) is 25.9 Å². The largest absolute Gasteiger partial charge is 0.396 e. The molecule has 0 saturated carbocycles. The summed E-state index contributed by atoms with van der Waals surface area (Å²) in [4.78, 5) is 33.1. The average molecular weight is 584 g/mol. The molecule has 0 radical (unpaired) electrons. The second-order valence-corrected chi connectivity index (χ2v) is 8.24. The fourth-order valence-electron chi connectivity index (χ4n) is 2.73. The van der Waals surface area contributed by atoms with E-state index in [4.69, 9.17) is 20.4 Å². The Hall–Kier alpha value is -0.267. The van der Waals surface area contributed by atoms with Crippen LogP contribution in [0.15, 0.2) is 0 Å². The Morgan fingerprint density at radius 3 is 0.771 bits per heavy atom. The van der Waals surface area contributed by atoms with Gasteiger partial charge in [0.2, 0.25) is 0 Å². The minimum Gasteiger partial charge on any atom is -0.396 e. The first-order valence-corrected chi connectivity index (χ1v) is 13.2. The van der Waals surface area contributed by atoms with Crippen molar-refractivity contribution < 1.29 is 61.0 Å². The van der Waals surface area contributed by atoms with E-state index in [0.717, 1.165) is 44.9 Å². The number of ketones is 3. The van der Waals surface area contributed by atoms with Gasteiger partial charge in [0, 0.05) is 69.8 Å². The molecule has 8 heteroatoms. The SMILES string of the molecule is CCCC(=O)C(CC)CO.CCCC(=O)C(CC)CO.CCCC(=O)C(CC)CO.CCCO.[Zr]. The third kappa shape index (κ3) is 29.9.